The summed E-state index contributed by atoms with van der Waals surface area (Å²) in [6.45, 7) is 5.62. The van der Waals surface area contributed by atoms with Gasteiger partial charge in [0.05, 0.1) is 0 Å². The number of nitrogens with zero attached hydrogens (tertiary/aromatic N) is 4. The highest BCUT2D eigenvalue weighted by Gasteiger charge is 2.28. The molecular weight excluding hydrogens is 354 g/mol. The molecular formula is C21H29N5O2. The molecule has 1 unspecified atom stereocenters. The third kappa shape index (κ3) is 3.68. The monoisotopic (exact) mass is 383 g/mol. The Morgan fingerprint density at radius 2 is 2.04 bits per heavy atom. The van der Waals surface area contributed by atoms with E-state index in [0.717, 1.165) is 67.8 Å². The van der Waals surface area contributed by atoms with Crippen molar-refractivity contribution in [2.24, 2.45) is 0 Å². The van der Waals surface area contributed by atoms with Gasteiger partial charge in [-0.2, -0.15) is 5.10 Å². The lowest BCUT2D eigenvalue weighted by Gasteiger charge is -2.24. The first-order valence-electron chi connectivity index (χ1n) is 10.5. The third-order valence-electron chi connectivity index (χ3n) is 6.07. The van der Waals surface area contributed by atoms with Crippen molar-refractivity contribution in [3.63, 3.8) is 0 Å². The molecule has 0 radical (unpaired) electrons. The van der Waals surface area contributed by atoms with E-state index >= 15 is 0 Å². The fourth-order valence-electron chi connectivity index (χ4n) is 4.64. The topological polar surface area (TPSA) is 92.9 Å². The van der Waals surface area contributed by atoms with Crippen molar-refractivity contribution in [3.05, 3.63) is 39.7 Å². The molecule has 1 atom stereocenters. The Balaban J connectivity index is 1.39. The normalized spacial score (nSPS) is 18.6. The van der Waals surface area contributed by atoms with Crippen LogP contribution in [-0.4, -0.2) is 43.4 Å². The number of fused-ring (bicyclic) bond motifs is 2. The van der Waals surface area contributed by atoms with Crippen LogP contribution in [0.25, 0.3) is 0 Å². The number of carboxylic acids is 1. The molecule has 0 bridgehead atoms. The van der Waals surface area contributed by atoms with Gasteiger partial charge < -0.3 is 10.4 Å². The molecule has 2 aliphatic carbocycles. The number of carbonyl (C=O) groups is 1. The fraction of sp³-hybridized carbons (Fsp3) is 0.619. The molecule has 2 N–H and O–H groups in total. The number of aryl methyl sites for hydroxylation is 3. The first kappa shape index (κ1) is 19.1. The van der Waals surface area contributed by atoms with Crippen LogP contribution in [0.5, 0.6) is 0 Å². The summed E-state index contributed by atoms with van der Waals surface area (Å²) in [4.78, 5) is 21.1. The molecule has 0 aliphatic heterocycles. The second-order valence-corrected chi connectivity index (χ2v) is 7.90. The van der Waals surface area contributed by atoms with E-state index < -0.39 is 5.97 Å². The van der Waals surface area contributed by atoms with Gasteiger partial charge in [0.1, 0.15) is 5.82 Å². The first-order chi connectivity index (χ1) is 13.6. The van der Waals surface area contributed by atoms with Crippen LogP contribution in [0.4, 0.5) is 0 Å². The van der Waals surface area contributed by atoms with E-state index in [1.54, 1.807) is 0 Å². The van der Waals surface area contributed by atoms with E-state index in [1.165, 1.54) is 24.1 Å². The van der Waals surface area contributed by atoms with Crippen molar-refractivity contribution in [1.29, 1.82) is 0 Å². The zero-order valence-corrected chi connectivity index (χ0v) is 16.8. The van der Waals surface area contributed by atoms with Crippen LogP contribution in [0.1, 0.15) is 70.7 Å². The molecule has 2 aliphatic rings. The Morgan fingerprint density at radius 1 is 1.21 bits per heavy atom. The molecule has 0 aromatic carbocycles. The van der Waals surface area contributed by atoms with E-state index in [-0.39, 0.29) is 11.7 Å². The standard InChI is InChI=1S/C21H29N5O2/c1-3-26-18-9-8-14(12-16(18)20(25-26)21(27)28)22-11-10-19-23-13(2)15-6-4-5-7-17(15)24-19/h14,22H,3-12H2,1-2H3,(H,27,28). The summed E-state index contributed by atoms with van der Waals surface area (Å²) in [5.74, 6) is -0.00536. The Bertz CT molecular complexity index is 889. The summed E-state index contributed by atoms with van der Waals surface area (Å²) in [6, 6.07) is 0.277. The van der Waals surface area contributed by atoms with Crippen LogP contribution >= 0.6 is 0 Å². The molecule has 0 fully saturated rings. The van der Waals surface area contributed by atoms with E-state index in [0.29, 0.717) is 6.54 Å². The predicted molar refractivity (Wildman–Crippen MR) is 106 cm³/mol. The summed E-state index contributed by atoms with van der Waals surface area (Å²) >= 11 is 0. The minimum Gasteiger partial charge on any atom is -0.476 e. The van der Waals surface area contributed by atoms with Gasteiger partial charge in [-0.25, -0.2) is 14.8 Å². The number of carboxylic acid groups (broad SMARTS) is 1. The van der Waals surface area contributed by atoms with E-state index in [4.69, 9.17) is 9.97 Å². The van der Waals surface area contributed by atoms with Crippen molar-refractivity contribution in [1.82, 2.24) is 25.1 Å². The Morgan fingerprint density at radius 3 is 2.82 bits per heavy atom. The highest BCUT2D eigenvalue weighted by molar-refractivity contribution is 5.87. The largest absolute Gasteiger partial charge is 0.476 e. The zero-order chi connectivity index (χ0) is 19.7. The third-order valence-corrected chi connectivity index (χ3v) is 6.07. The molecule has 7 nitrogen and oxygen atoms in total. The van der Waals surface area contributed by atoms with Gasteiger partial charge in [0.2, 0.25) is 0 Å². The summed E-state index contributed by atoms with van der Waals surface area (Å²) < 4.78 is 1.85. The van der Waals surface area contributed by atoms with Crippen molar-refractivity contribution >= 4 is 5.97 Å². The quantitative estimate of drug-likeness (QED) is 0.795. The maximum atomic E-state index is 11.5. The molecule has 0 saturated carbocycles. The van der Waals surface area contributed by atoms with Gasteiger partial charge in [-0.1, -0.05) is 0 Å². The predicted octanol–water partition coefficient (Wildman–Crippen LogP) is 2.27. The van der Waals surface area contributed by atoms with E-state index in [2.05, 4.69) is 17.3 Å². The molecule has 2 aromatic rings. The number of hydrogen-bond donors (Lipinski definition) is 2. The van der Waals surface area contributed by atoms with Crippen molar-refractivity contribution in [3.8, 4) is 0 Å². The van der Waals surface area contributed by atoms with Gasteiger partial charge >= 0.3 is 5.97 Å². The van der Waals surface area contributed by atoms with Gasteiger partial charge in [-0.05, 0) is 64.4 Å². The van der Waals surface area contributed by atoms with Gasteiger partial charge in [0, 0.05) is 48.2 Å². The highest BCUT2D eigenvalue weighted by atomic mass is 16.4. The number of aromatic nitrogens is 4. The molecule has 7 heteroatoms. The molecule has 28 heavy (non-hydrogen) atoms. The second-order valence-electron chi connectivity index (χ2n) is 7.90. The lowest BCUT2D eigenvalue weighted by Crippen LogP contribution is -2.36. The average Bonchev–Trinajstić information content (AvgIpc) is 3.06. The Labute approximate surface area is 165 Å². The van der Waals surface area contributed by atoms with Gasteiger partial charge in [-0.15, -0.1) is 0 Å². The fourth-order valence-corrected chi connectivity index (χ4v) is 4.64. The molecule has 4 rings (SSSR count). The molecule has 0 saturated heterocycles. The van der Waals surface area contributed by atoms with Crippen LogP contribution in [-0.2, 0) is 38.6 Å². The van der Waals surface area contributed by atoms with Crippen molar-refractivity contribution < 1.29 is 9.90 Å². The Hall–Kier alpha value is -2.28. The van der Waals surface area contributed by atoms with E-state index in [9.17, 15) is 9.90 Å². The zero-order valence-electron chi connectivity index (χ0n) is 16.8. The Kier molecular flexibility index (Phi) is 5.44. The van der Waals surface area contributed by atoms with Crippen LogP contribution in [0.2, 0.25) is 0 Å². The van der Waals surface area contributed by atoms with Crippen LogP contribution in [0.3, 0.4) is 0 Å². The summed E-state index contributed by atoms with van der Waals surface area (Å²) in [5, 5.41) is 17.4. The summed E-state index contributed by atoms with van der Waals surface area (Å²) in [7, 11) is 0. The van der Waals surface area contributed by atoms with Crippen LogP contribution < -0.4 is 5.32 Å². The summed E-state index contributed by atoms with van der Waals surface area (Å²) in [5.41, 5.74) is 5.95. The maximum absolute atomic E-state index is 11.5. The SMILES string of the molecule is CCn1nc(C(=O)O)c2c1CCC(NCCc1nc(C)c3c(n1)CCCC3)C2. The lowest BCUT2D eigenvalue weighted by atomic mass is 9.91. The summed E-state index contributed by atoms with van der Waals surface area (Å²) in [6.07, 6.45) is 8.05. The smallest absolute Gasteiger partial charge is 0.356 e. The molecule has 0 spiro atoms. The molecule has 2 aromatic heterocycles. The number of aromatic carboxylic acids is 1. The lowest BCUT2D eigenvalue weighted by molar-refractivity contribution is 0.0688. The minimum atomic E-state index is -0.929. The molecule has 2 heterocycles. The highest BCUT2D eigenvalue weighted by Crippen LogP contribution is 2.25. The minimum absolute atomic E-state index is 0.219. The number of hydrogen-bond acceptors (Lipinski definition) is 5. The van der Waals surface area contributed by atoms with Gasteiger partial charge in [0.15, 0.2) is 5.69 Å². The van der Waals surface area contributed by atoms with Crippen LogP contribution in [0, 0.1) is 6.92 Å². The second kappa shape index (κ2) is 7.99. The van der Waals surface area contributed by atoms with Gasteiger partial charge in [-0.3, -0.25) is 4.68 Å². The van der Waals surface area contributed by atoms with Crippen molar-refractivity contribution in [2.45, 2.75) is 77.8 Å². The van der Waals surface area contributed by atoms with Crippen molar-refractivity contribution in [2.75, 3.05) is 6.54 Å². The average molecular weight is 383 g/mol. The molecule has 150 valence electrons. The van der Waals surface area contributed by atoms with E-state index in [1.807, 2.05) is 11.6 Å². The first-order valence-corrected chi connectivity index (χ1v) is 10.5. The molecule has 0 amide bonds. The number of rotatable bonds is 6. The number of nitrogens with one attached hydrogen (secondary N) is 1. The maximum Gasteiger partial charge on any atom is 0.356 e. The van der Waals surface area contributed by atoms with Gasteiger partial charge in [0.25, 0.3) is 0 Å². The van der Waals surface area contributed by atoms with Crippen LogP contribution in [0.15, 0.2) is 0 Å².